The van der Waals surface area contributed by atoms with Gasteiger partial charge in [0, 0.05) is 24.6 Å². The number of nitrogens with zero attached hydrogens (tertiary/aromatic N) is 3. The number of hydrogen-bond donors (Lipinski definition) is 1. The van der Waals surface area contributed by atoms with Gasteiger partial charge < -0.3 is 9.84 Å². The number of hydrogen-bond acceptors (Lipinski definition) is 6. The Hall–Kier alpha value is -3.82. The molecule has 37 heavy (non-hydrogen) atoms. The van der Waals surface area contributed by atoms with Crippen LogP contribution in [0.2, 0.25) is 0 Å². The van der Waals surface area contributed by atoms with Gasteiger partial charge in [-0.1, -0.05) is 79.7 Å². The largest absolute Gasteiger partial charge is 0.339 e. The lowest BCUT2D eigenvalue weighted by Crippen LogP contribution is -2.39. The smallest absolute Gasteiger partial charge is 0.243 e. The van der Waals surface area contributed by atoms with Crippen LogP contribution in [-0.2, 0) is 27.7 Å². The Balaban J connectivity index is 1.42. The summed E-state index contributed by atoms with van der Waals surface area (Å²) in [6.45, 7) is 3.86. The number of anilines is 1. The molecule has 0 radical (unpaired) electrons. The van der Waals surface area contributed by atoms with E-state index in [-0.39, 0.29) is 23.9 Å². The van der Waals surface area contributed by atoms with Gasteiger partial charge in [0.05, 0.1) is 11.4 Å². The third-order valence-electron chi connectivity index (χ3n) is 5.77. The Morgan fingerprint density at radius 1 is 0.919 bits per heavy atom. The average Bonchev–Trinajstić information content (AvgIpc) is 3.38. The van der Waals surface area contributed by atoms with Gasteiger partial charge in [0.1, 0.15) is 0 Å². The van der Waals surface area contributed by atoms with Gasteiger partial charge in [-0.05, 0) is 41.8 Å². The number of aromatic nitrogens is 2. The Bertz CT molecular complexity index is 1400. The topological polar surface area (TPSA) is 105 Å². The van der Waals surface area contributed by atoms with Crippen molar-refractivity contribution in [2.75, 3.05) is 18.4 Å². The standard InChI is InChI=1S/C28H30N4O4S/c1-21(2)28-30-26(31-36-28)19-23-13-15-24(16-14-23)29-27(33)20-32(18-17-22-9-5-3-6-10-22)37(34,35)25-11-7-4-8-12-25/h3-16,21H,17-20H2,1-2H3,(H,29,33). The number of amides is 1. The highest BCUT2D eigenvalue weighted by Crippen LogP contribution is 2.18. The van der Waals surface area contributed by atoms with Gasteiger partial charge in [0.2, 0.25) is 21.8 Å². The molecule has 0 atom stereocenters. The molecular formula is C28H30N4O4S. The fourth-order valence-corrected chi connectivity index (χ4v) is 5.17. The second-order valence-corrected chi connectivity index (χ2v) is 11.0. The maximum atomic E-state index is 13.3. The Morgan fingerprint density at radius 2 is 1.57 bits per heavy atom. The van der Waals surface area contributed by atoms with Crippen molar-refractivity contribution in [2.45, 2.75) is 37.5 Å². The first kappa shape index (κ1) is 26.2. The molecule has 1 aromatic heterocycles. The molecule has 1 N–H and O–H groups in total. The molecule has 0 unspecified atom stereocenters. The van der Waals surface area contributed by atoms with Gasteiger partial charge in [0.15, 0.2) is 5.82 Å². The first-order valence-corrected chi connectivity index (χ1v) is 13.6. The van der Waals surface area contributed by atoms with E-state index in [0.717, 1.165) is 11.1 Å². The summed E-state index contributed by atoms with van der Waals surface area (Å²) >= 11 is 0. The van der Waals surface area contributed by atoms with Crippen molar-refractivity contribution in [1.82, 2.24) is 14.4 Å². The average molecular weight is 519 g/mol. The van der Waals surface area contributed by atoms with Crippen molar-refractivity contribution >= 4 is 21.6 Å². The highest BCUT2D eigenvalue weighted by molar-refractivity contribution is 7.89. The van der Waals surface area contributed by atoms with Crippen LogP contribution in [0.15, 0.2) is 94.3 Å². The summed E-state index contributed by atoms with van der Waals surface area (Å²) in [6.07, 6.45) is 0.997. The quantitative estimate of drug-likeness (QED) is 0.310. The van der Waals surface area contributed by atoms with E-state index < -0.39 is 15.9 Å². The minimum absolute atomic E-state index is 0.155. The summed E-state index contributed by atoms with van der Waals surface area (Å²) in [5.41, 5.74) is 2.53. The summed E-state index contributed by atoms with van der Waals surface area (Å²) in [6, 6.07) is 25.1. The molecule has 4 rings (SSSR count). The first-order chi connectivity index (χ1) is 17.8. The summed E-state index contributed by atoms with van der Waals surface area (Å²) in [5, 5.41) is 6.81. The lowest BCUT2D eigenvalue weighted by atomic mass is 10.1. The summed E-state index contributed by atoms with van der Waals surface area (Å²) < 4.78 is 33.1. The van der Waals surface area contributed by atoms with Crippen LogP contribution in [0.1, 0.15) is 42.6 Å². The van der Waals surface area contributed by atoms with Crippen LogP contribution in [-0.4, -0.2) is 41.9 Å². The summed E-state index contributed by atoms with van der Waals surface area (Å²) in [4.78, 5) is 17.4. The molecule has 8 nitrogen and oxygen atoms in total. The third-order valence-corrected chi connectivity index (χ3v) is 7.63. The normalized spacial score (nSPS) is 11.7. The molecule has 0 aliphatic carbocycles. The molecule has 0 fully saturated rings. The molecule has 1 amide bonds. The number of benzene rings is 3. The zero-order valence-corrected chi connectivity index (χ0v) is 21.7. The second-order valence-electron chi connectivity index (χ2n) is 9.01. The van der Waals surface area contributed by atoms with Gasteiger partial charge in [-0.25, -0.2) is 8.42 Å². The Morgan fingerprint density at radius 3 is 2.19 bits per heavy atom. The molecule has 0 aliphatic heterocycles. The van der Waals surface area contributed by atoms with Crippen LogP contribution in [0.5, 0.6) is 0 Å². The second kappa shape index (κ2) is 11.9. The maximum Gasteiger partial charge on any atom is 0.243 e. The van der Waals surface area contributed by atoms with Crippen LogP contribution < -0.4 is 5.32 Å². The molecule has 1 heterocycles. The number of carbonyl (C=O) groups excluding carboxylic acids is 1. The number of nitrogens with one attached hydrogen (secondary N) is 1. The van der Waals surface area contributed by atoms with E-state index in [0.29, 0.717) is 30.2 Å². The lowest BCUT2D eigenvalue weighted by molar-refractivity contribution is -0.116. The van der Waals surface area contributed by atoms with Crippen LogP contribution in [0.25, 0.3) is 0 Å². The van der Waals surface area contributed by atoms with Crippen LogP contribution in [0.3, 0.4) is 0 Å². The van der Waals surface area contributed by atoms with Crippen LogP contribution >= 0.6 is 0 Å². The summed E-state index contributed by atoms with van der Waals surface area (Å²) in [5.74, 6) is 0.943. The molecule has 0 spiro atoms. The SMILES string of the molecule is CC(C)c1nc(Cc2ccc(NC(=O)CN(CCc3ccccc3)S(=O)(=O)c3ccccc3)cc2)no1. The van der Waals surface area contributed by atoms with Crippen LogP contribution in [0.4, 0.5) is 5.69 Å². The zero-order chi connectivity index (χ0) is 26.3. The van der Waals surface area contributed by atoms with E-state index in [9.17, 15) is 13.2 Å². The Kier molecular flexibility index (Phi) is 8.47. The van der Waals surface area contributed by atoms with Gasteiger partial charge in [-0.3, -0.25) is 4.79 Å². The van der Waals surface area contributed by atoms with E-state index in [2.05, 4.69) is 15.5 Å². The van der Waals surface area contributed by atoms with Crippen LogP contribution in [0, 0.1) is 0 Å². The van der Waals surface area contributed by atoms with Crippen molar-refractivity contribution in [2.24, 2.45) is 0 Å². The first-order valence-electron chi connectivity index (χ1n) is 12.1. The minimum Gasteiger partial charge on any atom is -0.339 e. The molecule has 4 aromatic rings. The van der Waals surface area contributed by atoms with Gasteiger partial charge >= 0.3 is 0 Å². The van der Waals surface area contributed by atoms with E-state index in [4.69, 9.17) is 4.52 Å². The number of carbonyl (C=O) groups is 1. The predicted molar refractivity (Wildman–Crippen MR) is 142 cm³/mol. The van der Waals surface area contributed by atoms with Crippen molar-refractivity contribution < 1.29 is 17.7 Å². The van der Waals surface area contributed by atoms with Gasteiger partial charge in [-0.15, -0.1) is 0 Å². The fourth-order valence-electron chi connectivity index (χ4n) is 3.75. The van der Waals surface area contributed by atoms with Crippen molar-refractivity contribution in [1.29, 1.82) is 0 Å². The molecule has 0 aliphatic rings. The van der Waals surface area contributed by atoms with Crippen molar-refractivity contribution in [3.8, 4) is 0 Å². The molecular weight excluding hydrogens is 488 g/mol. The molecule has 0 saturated carbocycles. The predicted octanol–water partition coefficient (Wildman–Crippen LogP) is 4.66. The van der Waals surface area contributed by atoms with E-state index in [1.54, 1.807) is 30.3 Å². The monoisotopic (exact) mass is 518 g/mol. The van der Waals surface area contributed by atoms with Crippen molar-refractivity contribution in [3.63, 3.8) is 0 Å². The number of sulfonamides is 1. The minimum atomic E-state index is -3.85. The maximum absolute atomic E-state index is 13.3. The third kappa shape index (κ3) is 7.12. The lowest BCUT2D eigenvalue weighted by Gasteiger charge is -2.22. The van der Waals surface area contributed by atoms with E-state index in [1.165, 1.54) is 16.4 Å². The molecule has 9 heteroatoms. The van der Waals surface area contributed by atoms with Gasteiger partial charge in [-0.2, -0.15) is 9.29 Å². The zero-order valence-electron chi connectivity index (χ0n) is 20.9. The number of rotatable bonds is 11. The molecule has 0 bridgehead atoms. The fraction of sp³-hybridized carbons (Fsp3) is 0.250. The van der Waals surface area contributed by atoms with Gasteiger partial charge in [0.25, 0.3) is 0 Å². The highest BCUT2D eigenvalue weighted by atomic mass is 32.2. The molecule has 192 valence electrons. The molecule has 3 aromatic carbocycles. The summed E-state index contributed by atoms with van der Waals surface area (Å²) in [7, 11) is -3.85. The highest BCUT2D eigenvalue weighted by Gasteiger charge is 2.26. The molecule has 0 saturated heterocycles. The Labute approximate surface area is 217 Å². The van der Waals surface area contributed by atoms with Crippen molar-refractivity contribution in [3.05, 3.63) is 108 Å². The van der Waals surface area contributed by atoms with E-state index in [1.807, 2.05) is 56.3 Å². The van der Waals surface area contributed by atoms with E-state index >= 15 is 0 Å².